The lowest BCUT2D eigenvalue weighted by Crippen LogP contribution is -2.25. The number of nitrogens with one attached hydrogen (secondary N) is 2. The Morgan fingerprint density at radius 1 is 1.11 bits per heavy atom. The molecule has 0 fully saturated rings. The van der Waals surface area contributed by atoms with Gasteiger partial charge in [0.2, 0.25) is 0 Å². The number of hydrogen-bond acceptors (Lipinski definition) is 3. The summed E-state index contributed by atoms with van der Waals surface area (Å²) >= 11 is 6.11. The molecule has 0 atom stereocenters. The summed E-state index contributed by atoms with van der Waals surface area (Å²) < 4.78 is 28.2. The lowest BCUT2D eigenvalue weighted by atomic mass is 10.1. The Kier molecular flexibility index (Phi) is 6.89. The first kappa shape index (κ1) is 21.3. The standard InChI is InChI=1S/C20H25ClN2O3S/c1-13(2)9-10-22-20(24)16-6-7-17(21)19(12-16)27(25,26)23-18-8-5-14(3)11-15(18)4/h5-8,11-13,23H,9-10H2,1-4H3,(H,22,24). The molecule has 2 N–H and O–H groups in total. The van der Waals surface area contributed by atoms with Crippen LogP contribution < -0.4 is 10.0 Å². The van der Waals surface area contributed by atoms with E-state index in [0.29, 0.717) is 18.2 Å². The van der Waals surface area contributed by atoms with Crippen LogP contribution in [-0.4, -0.2) is 20.9 Å². The third kappa shape index (κ3) is 5.71. The van der Waals surface area contributed by atoms with Crippen molar-refractivity contribution in [1.82, 2.24) is 5.32 Å². The predicted molar refractivity (Wildman–Crippen MR) is 110 cm³/mol. The summed E-state index contributed by atoms with van der Waals surface area (Å²) in [6, 6.07) is 9.67. The summed E-state index contributed by atoms with van der Waals surface area (Å²) in [7, 11) is -3.93. The zero-order valence-corrected chi connectivity index (χ0v) is 17.5. The van der Waals surface area contributed by atoms with Gasteiger partial charge in [-0.15, -0.1) is 0 Å². The number of hydrogen-bond donors (Lipinski definition) is 2. The van der Waals surface area contributed by atoms with Gasteiger partial charge >= 0.3 is 0 Å². The number of carbonyl (C=O) groups excluding carboxylic acids is 1. The molecule has 0 aromatic heterocycles. The maximum absolute atomic E-state index is 12.8. The molecule has 0 aliphatic heterocycles. The predicted octanol–water partition coefficient (Wildman–Crippen LogP) is 4.53. The Morgan fingerprint density at radius 3 is 2.44 bits per heavy atom. The molecule has 146 valence electrons. The van der Waals surface area contributed by atoms with Crippen molar-refractivity contribution in [1.29, 1.82) is 0 Å². The Morgan fingerprint density at radius 2 is 1.81 bits per heavy atom. The molecule has 0 radical (unpaired) electrons. The van der Waals surface area contributed by atoms with E-state index in [-0.39, 0.29) is 21.4 Å². The molecule has 0 heterocycles. The van der Waals surface area contributed by atoms with Gasteiger partial charge in [0.05, 0.1) is 10.7 Å². The molecular weight excluding hydrogens is 384 g/mol. The van der Waals surface area contributed by atoms with Gasteiger partial charge in [-0.3, -0.25) is 9.52 Å². The van der Waals surface area contributed by atoms with E-state index in [1.165, 1.54) is 18.2 Å². The van der Waals surface area contributed by atoms with E-state index in [2.05, 4.69) is 23.9 Å². The van der Waals surface area contributed by atoms with Crippen LogP contribution in [0.3, 0.4) is 0 Å². The van der Waals surface area contributed by atoms with Crippen molar-refractivity contribution in [3.8, 4) is 0 Å². The number of carbonyl (C=O) groups is 1. The van der Waals surface area contributed by atoms with Crippen molar-refractivity contribution in [3.63, 3.8) is 0 Å². The molecule has 2 aromatic carbocycles. The fraction of sp³-hybridized carbons (Fsp3) is 0.350. The van der Waals surface area contributed by atoms with E-state index in [0.717, 1.165) is 17.5 Å². The van der Waals surface area contributed by atoms with E-state index in [1.807, 2.05) is 26.0 Å². The first-order chi connectivity index (χ1) is 12.6. The van der Waals surface area contributed by atoms with E-state index in [1.54, 1.807) is 6.07 Å². The van der Waals surface area contributed by atoms with Crippen molar-refractivity contribution in [2.75, 3.05) is 11.3 Å². The molecule has 1 amide bonds. The average molecular weight is 409 g/mol. The lowest BCUT2D eigenvalue weighted by molar-refractivity contribution is 0.0952. The van der Waals surface area contributed by atoms with Crippen molar-refractivity contribution in [2.45, 2.75) is 39.0 Å². The average Bonchev–Trinajstić information content (AvgIpc) is 2.57. The van der Waals surface area contributed by atoms with Crippen LogP contribution in [-0.2, 0) is 10.0 Å². The van der Waals surface area contributed by atoms with E-state index < -0.39 is 10.0 Å². The second-order valence-corrected chi connectivity index (χ2v) is 9.07. The summed E-state index contributed by atoms with van der Waals surface area (Å²) in [5.74, 6) is 0.142. The fourth-order valence-corrected chi connectivity index (χ4v) is 4.21. The number of aryl methyl sites for hydroxylation is 2. The van der Waals surface area contributed by atoms with Crippen molar-refractivity contribution in [3.05, 3.63) is 58.1 Å². The van der Waals surface area contributed by atoms with E-state index in [9.17, 15) is 13.2 Å². The summed E-state index contributed by atoms with van der Waals surface area (Å²) in [6.07, 6.45) is 0.846. The van der Waals surface area contributed by atoms with Crippen LogP contribution in [0.2, 0.25) is 5.02 Å². The summed E-state index contributed by atoms with van der Waals surface area (Å²) in [6.45, 7) is 8.42. The minimum Gasteiger partial charge on any atom is -0.352 e. The van der Waals surface area contributed by atoms with Gasteiger partial charge in [0, 0.05) is 12.1 Å². The molecular formula is C20H25ClN2O3S. The molecule has 0 unspecified atom stereocenters. The largest absolute Gasteiger partial charge is 0.352 e. The topological polar surface area (TPSA) is 75.3 Å². The van der Waals surface area contributed by atoms with Crippen LogP contribution in [0.25, 0.3) is 0 Å². The van der Waals surface area contributed by atoms with Crippen LogP contribution in [0.1, 0.15) is 41.8 Å². The highest BCUT2D eigenvalue weighted by molar-refractivity contribution is 7.92. The van der Waals surface area contributed by atoms with E-state index in [4.69, 9.17) is 11.6 Å². The number of benzene rings is 2. The highest BCUT2D eigenvalue weighted by Crippen LogP contribution is 2.26. The molecule has 0 aliphatic carbocycles. The third-order valence-electron chi connectivity index (χ3n) is 4.12. The first-order valence-electron chi connectivity index (χ1n) is 8.78. The van der Waals surface area contributed by atoms with Gasteiger partial charge in [0.25, 0.3) is 15.9 Å². The Hall–Kier alpha value is -2.05. The zero-order chi connectivity index (χ0) is 20.2. The van der Waals surface area contributed by atoms with Crippen molar-refractivity contribution in [2.24, 2.45) is 5.92 Å². The van der Waals surface area contributed by atoms with Crippen LogP contribution in [0, 0.1) is 19.8 Å². The first-order valence-corrected chi connectivity index (χ1v) is 10.6. The number of sulfonamides is 1. The van der Waals surface area contributed by atoms with Crippen molar-refractivity contribution >= 4 is 33.2 Å². The Labute approximate surface area is 166 Å². The molecule has 7 heteroatoms. The molecule has 27 heavy (non-hydrogen) atoms. The molecule has 2 aromatic rings. The smallest absolute Gasteiger partial charge is 0.263 e. The third-order valence-corrected chi connectivity index (χ3v) is 5.96. The number of anilines is 1. The molecule has 0 bridgehead atoms. The molecule has 0 aliphatic rings. The highest BCUT2D eigenvalue weighted by atomic mass is 35.5. The monoisotopic (exact) mass is 408 g/mol. The van der Waals surface area contributed by atoms with Gasteiger partial charge in [-0.1, -0.05) is 43.1 Å². The fourth-order valence-electron chi connectivity index (χ4n) is 2.55. The lowest BCUT2D eigenvalue weighted by Gasteiger charge is -2.13. The Balaban J connectivity index is 2.27. The number of amides is 1. The molecule has 0 saturated heterocycles. The van der Waals surface area contributed by atoms with Crippen LogP contribution in [0.5, 0.6) is 0 Å². The minimum atomic E-state index is -3.93. The second-order valence-electron chi connectivity index (χ2n) is 7.01. The normalized spacial score (nSPS) is 11.5. The van der Waals surface area contributed by atoms with Crippen LogP contribution in [0.15, 0.2) is 41.3 Å². The molecule has 2 rings (SSSR count). The van der Waals surface area contributed by atoms with Gasteiger partial charge in [-0.05, 0) is 56.0 Å². The van der Waals surface area contributed by atoms with Gasteiger partial charge < -0.3 is 5.32 Å². The van der Waals surface area contributed by atoms with Crippen LogP contribution >= 0.6 is 11.6 Å². The van der Waals surface area contributed by atoms with Gasteiger partial charge in [-0.2, -0.15) is 0 Å². The maximum atomic E-state index is 12.8. The van der Waals surface area contributed by atoms with E-state index >= 15 is 0 Å². The number of rotatable bonds is 7. The van der Waals surface area contributed by atoms with Gasteiger partial charge in [0.1, 0.15) is 4.90 Å². The van der Waals surface area contributed by atoms with Crippen molar-refractivity contribution < 1.29 is 13.2 Å². The van der Waals surface area contributed by atoms with Gasteiger partial charge in [0.15, 0.2) is 0 Å². The number of halogens is 1. The van der Waals surface area contributed by atoms with Crippen LogP contribution in [0.4, 0.5) is 5.69 Å². The quantitative estimate of drug-likeness (QED) is 0.706. The highest BCUT2D eigenvalue weighted by Gasteiger charge is 2.21. The SMILES string of the molecule is Cc1ccc(NS(=O)(=O)c2cc(C(=O)NCCC(C)C)ccc2Cl)c(C)c1. The summed E-state index contributed by atoms with van der Waals surface area (Å²) in [4.78, 5) is 12.2. The maximum Gasteiger partial charge on any atom is 0.263 e. The summed E-state index contributed by atoms with van der Waals surface area (Å²) in [5, 5.41) is 2.86. The van der Waals surface area contributed by atoms with Gasteiger partial charge in [-0.25, -0.2) is 8.42 Å². The zero-order valence-electron chi connectivity index (χ0n) is 16.0. The summed E-state index contributed by atoms with van der Waals surface area (Å²) in [5.41, 5.74) is 2.57. The molecule has 0 spiro atoms. The minimum absolute atomic E-state index is 0.0611. The molecule has 5 nitrogen and oxygen atoms in total. The molecule has 0 saturated carbocycles. The Bertz CT molecular complexity index is 940. The second kappa shape index (κ2) is 8.76.